The molecule has 0 heterocycles. The van der Waals surface area contributed by atoms with Crippen LogP contribution in [0.2, 0.25) is 0 Å². The van der Waals surface area contributed by atoms with E-state index in [1.165, 1.54) is 55.0 Å². The van der Waals surface area contributed by atoms with Crippen molar-refractivity contribution in [3.8, 4) is 0 Å². The second-order valence-corrected chi connectivity index (χ2v) is 9.42. The van der Waals surface area contributed by atoms with Gasteiger partial charge in [0, 0.05) is 17.4 Å². The fourth-order valence-corrected chi connectivity index (χ4v) is 4.54. The molecular weight excluding hydrogens is 426 g/mol. The molecular formula is C25H39NO5S. The molecule has 32 heavy (non-hydrogen) atoms. The van der Waals surface area contributed by atoms with Gasteiger partial charge in [-0.2, -0.15) is 0 Å². The molecule has 0 aliphatic rings. The minimum Gasteiger partial charge on any atom is -0.481 e. The molecule has 1 aromatic rings. The molecule has 0 saturated carbocycles. The molecule has 0 radical (unpaired) electrons. The fraction of sp³-hybridized carbons (Fsp3) is 0.600. The number of allylic oxidation sites excluding steroid dienone is 1. The van der Waals surface area contributed by atoms with Crippen molar-refractivity contribution in [3.05, 3.63) is 47.5 Å². The lowest BCUT2D eigenvalue weighted by molar-refractivity contribution is -0.138. The number of nitrogens with two attached hydrogens (primary N) is 1. The number of aryl methyl sites for hydroxylation is 1. The van der Waals surface area contributed by atoms with Gasteiger partial charge in [-0.15, -0.1) is 11.8 Å². The summed E-state index contributed by atoms with van der Waals surface area (Å²) < 4.78 is 0. The van der Waals surface area contributed by atoms with Crippen LogP contribution in [-0.4, -0.2) is 50.4 Å². The summed E-state index contributed by atoms with van der Waals surface area (Å²) in [6, 6.07) is 7.53. The predicted molar refractivity (Wildman–Crippen MR) is 131 cm³/mol. The van der Waals surface area contributed by atoms with Crippen LogP contribution in [0.4, 0.5) is 0 Å². The molecule has 1 rings (SSSR count). The number of hydrogen-bond donors (Lipinski definition) is 4. The van der Waals surface area contributed by atoms with E-state index in [0.717, 1.165) is 6.42 Å². The summed E-state index contributed by atoms with van der Waals surface area (Å²) in [5, 5.41) is 28.0. The summed E-state index contributed by atoms with van der Waals surface area (Å²) in [7, 11) is 0. The number of thioether (sulfide) groups is 1. The number of aliphatic hydroxyl groups excluding tert-OH is 1. The van der Waals surface area contributed by atoms with Crippen molar-refractivity contribution in [3.63, 3.8) is 0 Å². The average molecular weight is 466 g/mol. The van der Waals surface area contributed by atoms with Crippen molar-refractivity contribution in [1.29, 1.82) is 0 Å². The molecule has 0 saturated heterocycles. The first-order chi connectivity index (χ1) is 15.3. The minimum atomic E-state index is -1.08. The van der Waals surface area contributed by atoms with Crippen molar-refractivity contribution in [1.82, 2.24) is 0 Å². The van der Waals surface area contributed by atoms with Gasteiger partial charge in [-0.1, -0.05) is 69.0 Å². The molecule has 3 atom stereocenters. The van der Waals surface area contributed by atoms with Crippen LogP contribution in [-0.2, 0) is 22.4 Å². The highest BCUT2D eigenvalue weighted by Gasteiger charge is 2.20. The third kappa shape index (κ3) is 12.9. The fourth-order valence-electron chi connectivity index (χ4n) is 3.39. The van der Waals surface area contributed by atoms with Crippen LogP contribution >= 0.6 is 11.8 Å². The van der Waals surface area contributed by atoms with E-state index in [9.17, 15) is 14.7 Å². The van der Waals surface area contributed by atoms with Crippen molar-refractivity contribution >= 4 is 23.7 Å². The second-order valence-electron chi connectivity index (χ2n) is 8.21. The lowest BCUT2D eigenvalue weighted by Crippen LogP contribution is -2.34. The van der Waals surface area contributed by atoms with Crippen LogP contribution in [0.5, 0.6) is 0 Å². The molecule has 7 heteroatoms. The van der Waals surface area contributed by atoms with Crippen LogP contribution in [0.15, 0.2) is 36.4 Å². The molecule has 180 valence electrons. The van der Waals surface area contributed by atoms with Crippen LogP contribution in [0.25, 0.3) is 0 Å². The molecule has 6 nitrogen and oxygen atoms in total. The zero-order valence-electron chi connectivity index (χ0n) is 19.1. The molecule has 0 spiro atoms. The van der Waals surface area contributed by atoms with Crippen molar-refractivity contribution in [2.75, 3.05) is 5.75 Å². The Hall–Kier alpha value is -1.83. The Bertz CT molecular complexity index is 709. The number of benzene rings is 1. The van der Waals surface area contributed by atoms with Gasteiger partial charge in [0.2, 0.25) is 0 Å². The maximum absolute atomic E-state index is 11.0. The highest BCUT2D eigenvalue weighted by Crippen LogP contribution is 2.22. The maximum atomic E-state index is 11.0. The van der Waals surface area contributed by atoms with Gasteiger partial charge in [-0.3, -0.25) is 9.59 Å². The summed E-state index contributed by atoms with van der Waals surface area (Å²) in [6.45, 7) is 2.22. The quantitative estimate of drug-likeness (QED) is 0.187. The van der Waals surface area contributed by atoms with E-state index >= 15 is 0 Å². The van der Waals surface area contributed by atoms with E-state index in [4.69, 9.17) is 15.9 Å². The lowest BCUT2D eigenvalue weighted by Gasteiger charge is -2.20. The lowest BCUT2D eigenvalue weighted by atomic mass is 10.0. The van der Waals surface area contributed by atoms with Gasteiger partial charge >= 0.3 is 11.9 Å². The first-order valence-electron chi connectivity index (χ1n) is 11.6. The van der Waals surface area contributed by atoms with E-state index < -0.39 is 24.1 Å². The number of carboxylic acids is 2. The number of rotatable bonds is 18. The van der Waals surface area contributed by atoms with Crippen LogP contribution in [0.1, 0.15) is 69.4 Å². The summed E-state index contributed by atoms with van der Waals surface area (Å²) >= 11 is 1.29. The van der Waals surface area contributed by atoms with Gasteiger partial charge in [0.1, 0.15) is 6.04 Å². The standard InChI is InChI=1S/C25H39NO5S/c1-2-3-4-5-6-10-19-11-7-12-20(17-19)13-8-15-23(32-18-21(26)25(30)31)22(27)14-9-16-24(28)29/h7-8,11-12,15,17,21-23,27H,2-6,9-10,13-14,16,18,26H2,1H3,(H,28,29)(H,30,31)/b15-8+/t21?,22-,23+/m1/s1. The first kappa shape index (κ1) is 28.2. The third-order valence-electron chi connectivity index (χ3n) is 5.29. The van der Waals surface area contributed by atoms with E-state index in [-0.39, 0.29) is 17.4 Å². The number of carboxylic acid groups (broad SMARTS) is 2. The molecule has 0 aliphatic heterocycles. The normalized spacial score (nSPS) is 14.3. The van der Waals surface area contributed by atoms with Gasteiger partial charge in [0.05, 0.1) is 6.10 Å². The summed E-state index contributed by atoms with van der Waals surface area (Å²) in [6.07, 6.45) is 11.9. The number of aliphatic carboxylic acids is 2. The smallest absolute Gasteiger partial charge is 0.321 e. The SMILES string of the molecule is CCCCCCCc1cccc(C/C=C/[C@H](SCC(N)C(=O)O)[C@H](O)CCCC(=O)O)c1. The van der Waals surface area contributed by atoms with Crippen LogP contribution < -0.4 is 5.73 Å². The Balaban J connectivity index is 2.64. The largest absolute Gasteiger partial charge is 0.481 e. The Kier molecular flexibility index (Phi) is 14.8. The van der Waals surface area contributed by atoms with Gasteiger partial charge in [-0.05, 0) is 43.2 Å². The van der Waals surface area contributed by atoms with E-state index in [1.54, 1.807) is 0 Å². The zero-order valence-corrected chi connectivity index (χ0v) is 19.9. The second kappa shape index (κ2) is 16.8. The van der Waals surface area contributed by atoms with Crippen LogP contribution in [0.3, 0.4) is 0 Å². The molecule has 5 N–H and O–H groups in total. The minimum absolute atomic E-state index is 0.00195. The highest BCUT2D eigenvalue weighted by molar-refractivity contribution is 8.00. The Morgan fingerprint density at radius 1 is 1.09 bits per heavy atom. The zero-order chi connectivity index (χ0) is 23.8. The molecule has 0 bridgehead atoms. The molecule has 1 aromatic carbocycles. The summed E-state index contributed by atoms with van der Waals surface area (Å²) in [5.41, 5.74) is 8.13. The molecule has 0 aromatic heterocycles. The molecule has 0 fully saturated rings. The van der Waals surface area contributed by atoms with Crippen molar-refractivity contribution < 1.29 is 24.9 Å². The molecule has 0 aliphatic carbocycles. The van der Waals surface area contributed by atoms with Gasteiger partial charge in [0.25, 0.3) is 0 Å². The predicted octanol–water partition coefficient (Wildman–Crippen LogP) is 4.43. The molecule has 0 amide bonds. The monoisotopic (exact) mass is 465 g/mol. The van der Waals surface area contributed by atoms with Crippen molar-refractivity contribution in [2.24, 2.45) is 5.73 Å². The van der Waals surface area contributed by atoms with E-state index in [1.807, 2.05) is 12.2 Å². The summed E-state index contributed by atoms with van der Waals surface area (Å²) in [5.74, 6) is -1.80. The number of aliphatic hydroxyl groups is 1. The Labute approximate surface area is 196 Å². The number of unbranched alkanes of at least 4 members (excludes halogenated alkanes) is 4. The topological polar surface area (TPSA) is 121 Å². The number of carbonyl (C=O) groups is 2. The number of hydrogen-bond acceptors (Lipinski definition) is 5. The third-order valence-corrected chi connectivity index (χ3v) is 6.70. The Morgan fingerprint density at radius 3 is 2.50 bits per heavy atom. The Morgan fingerprint density at radius 2 is 1.81 bits per heavy atom. The van der Waals surface area contributed by atoms with Gasteiger partial charge in [-0.25, -0.2) is 0 Å². The van der Waals surface area contributed by atoms with Gasteiger partial charge < -0.3 is 21.1 Å². The van der Waals surface area contributed by atoms with Crippen molar-refractivity contribution in [2.45, 2.75) is 88.5 Å². The van der Waals surface area contributed by atoms with E-state index in [2.05, 4.69) is 31.2 Å². The highest BCUT2D eigenvalue weighted by atomic mass is 32.2. The van der Waals surface area contributed by atoms with Crippen LogP contribution in [0, 0.1) is 0 Å². The maximum Gasteiger partial charge on any atom is 0.321 e. The summed E-state index contributed by atoms with van der Waals surface area (Å²) in [4.78, 5) is 21.7. The van der Waals surface area contributed by atoms with Gasteiger partial charge in [0.15, 0.2) is 0 Å². The molecule has 1 unspecified atom stereocenters. The first-order valence-corrected chi connectivity index (χ1v) is 12.6. The average Bonchev–Trinajstić information content (AvgIpc) is 2.75. The van der Waals surface area contributed by atoms with E-state index in [0.29, 0.717) is 19.3 Å².